The maximum absolute atomic E-state index is 13.7. The van der Waals surface area contributed by atoms with Crippen molar-refractivity contribution in [2.75, 3.05) is 13.1 Å². The van der Waals surface area contributed by atoms with Crippen molar-refractivity contribution in [1.82, 2.24) is 31.9 Å². The van der Waals surface area contributed by atoms with Gasteiger partial charge in [-0.05, 0) is 50.4 Å². The lowest BCUT2D eigenvalue weighted by Gasteiger charge is -2.29. The Hall–Kier alpha value is -3.74. The third-order valence-corrected chi connectivity index (χ3v) is 7.95. The molecule has 5 amide bonds. The molecule has 0 saturated carbocycles. The van der Waals surface area contributed by atoms with Crippen molar-refractivity contribution in [2.24, 2.45) is 23.7 Å². The van der Waals surface area contributed by atoms with Gasteiger partial charge < -0.3 is 37.1 Å². The Morgan fingerprint density at radius 2 is 1.32 bits per heavy atom. The number of hydrogen-bond donors (Lipinski definition) is 6. The van der Waals surface area contributed by atoms with Crippen LogP contribution in [0.3, 0.4) is 0 Å². The summed E-state index contributed by atoms with van der Waals surface area (Å²) in [7, 11) is 0. The summed E-state index contributed by atoms with van der Waals surface area (Å²) in [6.45, 7) is 19.7. The number of carbonyl (C=O) groups is 5. The minimum absolute atomic E-state index is 0.0787. The van der Waals surface area contributed by atoms with E-state index in [9.17, 15) is 29.2 Å². The van der Waals surface area contributed by atoms with E-state index in [2.05, 4.69) is 31.9 Å². The van der Waals surface area contributed by atoms with Gasteiger partial charge in [0, 0.05) is 31.3 Å². The lowest BCUT2D eigenvalue weighted by Crippen LogP contribution is -2.58. The third kappa shape index (κ3) is 14.7. The van der Waals surface area contributed by atoms with Crippen LogP contribution in [0.1, 0.15) is 98.9 Å². The molecule has 266 valence electrons. The first-order valence-corrected chi connectivity index (χ1v) is 16.9. The van der Waals surface area contributed by atoms with Gasteiger partial charge in [0.25, 0.3) is 5.91 Å². The van der Waals surface area contributed by atoms with Crippen molar-refractivity contribution in [2.45, 2.75) is 119 Å². The Balaban J connectivity index is 3.04. The molecule has 1 aromatic heterocycles. The molecule has 1 heterocycles. The van der Waals surface area contributed by atoms with Gasteiger partial charge >= 0.3 is 0 Å². The fourth-order valence-corrected chi connectivity index (χ4v) is 5.03. The molecule has 13 heteroatoms. The first-order valence-electron chi connectivity index (χ1n) is 16.9. The van der Waals surface area contributed by atoms with E-state index >= 15 is 0 Å². The summed E-state index contributed by atoms with van der Waals surface area (Å²) in [5.41, 5.74) is 0.241. The Morgan fingerprint density at radius 1 is 0.723 bits per heavy atom. The fraction of sp³-hybridized carbons (Fsp3) is 0.706. The second-order valence-electron chi connectivity index (χ2n) is 13.6. The van der Waals surface area contributed by atoms with Crippen LogP contribution in [-0.2, 0) is 19.2 Å². The van der Waals surface area contributed by atoms with Crippen molar-refractivity contribution in [3.63, 3.8) is 0 Å². The number of hydrogen-bond acceptors (Lipinski definition) is 7. The summed E-state index contributed by atoms with van der Waals surface area (Å²) in [6.07, 6.45) is 4.01. The SMILES string of the molecule is CCNC(=O)[C@@H](NC(=O)[C@H](C)NC[C@H](CC(C)C)NC(=O)[C@H](CC(C)C)NC(=O)[C@@H](NC(=O)c1cc[n+]([O-])cc1)[C@@H](C)CC)C(C)C. The Bertz CT molecular complexity index is 1160. The number of carbonyl (C=O) groups excluding carboxylic acids is 5. The van der Waals surface area contributed by atoms with Crippen LogP contribution >= 0.6 is 0 Å². The highest BCUT2D eigenvalue weighted by atomic mass is 16.5. The van der Waals surface area contributed by atoms with Gasteiger partial charge in [0.1, 0.15) is 18.1 Å². The Morgan fingerprint density at radius 3 is 1.83 bits per heavy atom. The van der Waals surface area contributed by atoms with Gasteiger partial charge in [0.2, 0.25) is 23.6 Å². The Kier molecular flexibility index (Phi) is 18.0. The molecular formula is C34H59N7O6. The molecule has 0 aliphatic rings. The standard InChI is InChI=1S/C34H59N7O6/c1-11-23(9)29(40-31(43)25-13-15-41(47)16-14-25)34(46)38-27(18-21(5)6)32(44)37-26(17-20(3)4)19-36-24(10)30(42)39-28(22(7)8)33(45)35-12-2/h13-16,20-24,26-29,36H,11-12,17-19H2,1-10H3,(H,35,45)(H,37,44)(H,38,46)(H,39,42)(H,40,43)/t23-,24-,26-,27-,28-,29-/m0/s1. The summed E-state index contributed by atoms with van der Waals surface area (Å²) in [5.74, 6) is -1.91. The maximum atomic E-state index is 13.7. The molecule has 1 aromatic rings. The van der Waals surface area contributed by atoms with E-state index in [0.717, 1.165) is 0 Å². The predicted molar refractivity (Wildman–Crippen MR) is 182 cm³/mol. The normalized spacial score (nSPS) is 15.3. The quantitative estimate of drug-likeness (QED) is 0.0909. The zero-order valence-corrected chi connectivity index (χ0v) is 29.9. The summed E-state index contributed by atoms with van der Waals surface area (Å²) < 4.78 is 0.568. The molecule has 0 fully saturated rings. The highest BCUT2D eigenvalue weighted by Crippen LogP contribution is 2.13. The molecule has 0 unspecified atom stereocenters. The second kappa shape index (κ2) is 20.5. The highest BCUT2D eigenvalue weighted by molar-refractivity contribution is 5.98. The lowest BCUT2D eigenvalue weighted by atomic mass is 9.96. The summed E-state index contributed by atoms with van der Waals surface area (Å²) >= 11 is 0. The molecule has 6 atom stereocenters. The summed E-state index contributed by atoms with van der Waals surface area (Å²) in [4.78, 5) is 65.6. The van der Waals surface area contributed by atoms with E-state index in [-0.39, 0.29) is 53.0 Å². The molecule has 6 N–H and O–H groups in total. The van der Waals surface area contributed by atoms with Crippen molar-refractivity contribution in [1.29, 1.82) is 0 Å². The molecule has 0 saturated heterocycles. The van der Waals surface area contributed by atoms with E-state index in [4.69, 9.17) is 0 Å². The van der Waals surface area contributed by atoms with E-state index in [1.807, 2.05) is 62.3 Å². The zero-order valence-electron chi connectivity index (χ0n) is 29.9. The number of nitrogens with one attached hydrogen (secondary N) is 6. The van der Waals surface area contributed by atoms with Gasteiger partial charge in [-0.1, -0.05) is 61.8 Å². The van der Waals surface area contributed by atoms with Crippen molar-refractivity contribution < 1.29 is 28.7 Å². The van der Waals surface area contributed by atoms with Crippen LogP contribution in [0.25, 0.3) is 0 Å². The molecule has 0 aliphatic carbocycles. The van der Waals surface area contributed by atoms with Gasteiger partial charge in [0.05, 0.1) is 11.6 Å². The van der Waals surface area contributed by atoms with Gasteiger partial charge in [0.15, 0.2) is 12.4 Å². The highest BCUT2D eigenvalue weighted by Gasteiger charge is 2.32. The second-order valence-corrected chi connectivity index (χ2v) is 13.6. The smallest absolute Gasteiger partial charge is 0.252 e. The minimum Gasteiger partial charge on any atom is -0.619 e. The fourth-order valence-electron chi connectivity index (χ4n) is 5.03. The molecule has 1 rings (SSSR count). The van der Waals surface area contributed by atoms with Crippen molar-refractivity contribution >= 4 is 29.5 Å². The molecule has 47 heavy (non-hydrogen) atoms. The topological polar surface area (TPSA) is 184 Å². The average molecular weight is 662 g/mol. The third-order valence-electron chi connectivity index (χ3n) is 7.95. The zero-order chi connectivity index (χ0) is 35.8. The molecule has 0 bridgehead atoms. The van der Waals surface area contributed by atoms with Crippen LogP contribution < -0.4 is 36.6 Å². The van der Waals surface area contributed by atoms with Crippen LogP contribution in [0.4, 0.5) is 0 Å². The van der Waals surface area contributed by atoms with E-state index in [1.54, 1.807) is 6.92 Å². The number of rotatable bonds is 20. The van der Waals surface area contributed by atoms with Crippen LogP contribution in [0.2, 0.25) is 0 Å². The van der Waals surface area contributed by atoms with Crippen LogP contribution in [0.5, 0.6) is 0 Å². The van der Waals surface area contributed by atoms with Gasteiger partial charge in [-0.25, -0.2) is 0 Å². The van der Waals surface area contributed by atoms with E-state index in [0.29, 0.717) is 37.1 Å². The molecular weight excluding hydrogens is 602 g/mol. The molecule has 13 nitrogen and oxygen atoms in total. The predicted octanol–water partition coefficient (Wildman–Crippen LogP) is 1.78. The number of aromatic nitrogens is 1. The first-order chi connectivity index (χ1) is 22.0. The first kappa shape index (κ1) is 41.3. The molecule has 0 aromatic carbocycles. The largest absolute Gasteiger partial charge is 0.619 e. The van der Waals surface area contributed by atoms with Gasteiger partial charge in [-0.2, -0.15) is 4.73 Å². The number of pyridine rings is 1. The molecule has 0 aliphatic heterocycles. The number of nitrogens with zero attached hydrogens (tertiary/aromatic N) is 1. The van der Waals surface area contributed by atoms with Crippen molar-refractivity contribution in [3.05, 3.63) is 35.3 Å². The van der Waals surface area contributed by atoms with Crippen LogP contribution in [-0.4, -0.2) is 72.8 Å². The van der Waals surface area contributed by atoms with Gasteiger partial charge in [-0.15, -0.1) is 0 Å². The molecule has 0 radical (unpaired) electrons. The summed E-state index contributed by atoms with van der Waals surface area (Å²) in [5, 5.41) is 28.9. The number of amides is 5. The van der Waals surface area contributed by atoms with Crippen LogP contribution in [0.15, 0.2) is 24.5 Å². The number of likely N-dealkylation sites (N-methyl/N-ethyl adjacent to an activating group) is 1. The average Bonchev–Trinajstić information content (AvgIpc) is 2.99. The maximum Gasteiger partial charge on any atom is 0.252 e. The molecule has 0 spiro atoms. The van der Waals surface area contributed by atoms with E-state index < -0.39 is 36.0 Å². The summed E-state index contributed by atoms with van der Waals surface area (Å²) in [6, 6.07) is -0.658. The minimum atomic E-state index is -0.906. The Labute approximate surface area is 280 Å². The van der Waals surface area contributed by atoms with Gasteiger partial charge in [-0.3, -0.25) is 24.0 Å². The van der Waals surface area contributed by atoms with E-state index in [1.165, 1.54) is 24.5 Å². The van der Waals surface area contributed by atoms with Crippen molar-refractivity contribution in [3.8, 4) is 0 Å². The monoisotopic (exact) mass is 661 g/mol. The lowest BCUT2D eigenvalue weighted by molar-refractivity contribution is -0.605. The van der Waals surface area contributed by atoms with Crippen LogP contribution in [0, 0.1) is 28.9 Å².